The predicted molar refractivity (Wildman–Crippen MR) is 105 cm³/mol. The molecule has 27 heavy (non-hydrogen) atoms. The molecule has 2 fully saturated rings. The van der Waals surface area contributed by atoms with Crippen molar-refractivity contribution in [2.75, 3.05) is 5.32 Å². The van der Waals surface area contributed by atoms with Gasteiger partial charge in [-0.1, -0.05) is 6.42 Å². The topological polar surface area (TPSA) is 75.3 Å². The Kier molecular flexibility index (Phi) is 5.78. The third kappa shape index (κ3) is 4.65. The summed E-state index contributed by atoms with van der Waals surface area (Å²) in [5.41, 5.74) is 1.53. The zero-order valence-electron chi connectivity index (χ0n) is 16.2. The largest absolute Gasteiger partial charge is 0.350 e. The summed E-state index contributed by atoms with van der Waals surface area (Å²) in [6.07, 6.45) is 6.52. The number of hydrogen-bond donors (Lipinski definition) is 2. The molecule has 5 nitrogen and oxygen atoms in total. The first-order chi connectivity index (χ1) is 12.8. The molecule has 2 N–H and O–H groups in total. The average Bonchev–Trinajstić information content (AvgIpc) is 3.25. The van der Waals surface area contributed by atoms with Gasteiger partial charge < -0.3 is 10.6 Å². The maximum absolute atomic E-state index is 12.3. The standard InChI is InChI=1S/C22H28N2O3/c1-13(22(27)24-19-8-6-17(7-9-19)15(3)25)10-21(26)23-14(2)20-12-16-4-5-18(20)11-16/h6-10,14,16,18,20H,4-5,11-12H2,1-3H3,(H,23,26)(H,24,27)/b13-10-. The number of fused-ring (bicyclic) bond motifs is 2. The number of ketones is 1. The van der Waals surface area contributed by atoms with E-state index < -0.39 is 0 Å². The van der Waals surface area contributed by atoms with E-state index in [1.165, 1.54) is 38.7 Å². The third-order valence-corrected chi connectivity index (χ3v) is 6.06. The lowest BCUT2D eigenvalue weighted by Crippen LogP contribution is -2.39. The molecule has 1 aromatic carbocycles. The average molecular weight is 368 g/mol. The Hall–Kier alpha value is -2.43. The first-order valence-electron chi connectivity index (χ1n) is 9.74. The molecule has 0 radical (unpaired) electrons. The van der Waals surface area contributed by atoms with Crippen LogP contribution in [-0.4, -0.2) is 23.6 Å². The Balaban J connectivity index is 1.53. The van der Waals surface area contributed by atoms with Gasteiger partial charge in [0.15, 0.2) is 5.78 Å². The minimum atomic E-state index is -0.326. The second kappa shape index (κ2) is 8.07. The van der Waals surface area contributed by atoms with Crippen LogP contribution in [0.4, 0.5) is 5.69 Å². The second-order valence-electron chi connectivity index (χ2n) is 8.05. The molecule has 0 heterocycles. The van der Waals surface area contributed by atoms with E-state index in [0.29, 0.717) is 22.7 Å². The van der Waals surface area contributed by atoms with Crippen molar-refractivity contribution in [3.05, 3.63) is 41.5 Å². The first kappa shape index (κ1) is 19.3. The van der Waals surface area contributed by atoms with Crippen LogP contribution < -0.4 is 10.6 Å². The van der Waals surface area contributed by atoms with E-state index >= 15 is 0 Å². The molecule has 2 aliphatic carbocycles. The monoisotopic (exact) mass is 368 g/mol. The molecular formula is C22H28N2O3. The highest BCUT2D eigenvalue weighted by atomic mass is 16.2. The number of benzene rings is 1. The minimum Gasteiger partial charge on any atom is -0.350 e. The molecule has 4 atom stereocenters. The normalized spacial score (nSPS) is 25.1. The Morgan fingerprint density at radius 2 is 1.78 bits per heavy atom. The van der Waals surface area contributed by atoms with Crippen LogP contribution in [0.3, 0.4) is 0 Å². The molecule has 0 spiro atoms. The number of rotatable bonds is 6. The summed E-state index contributed by atoms with van der Waals surface area (Å²) in [5, 5.41) is 5.79. The fraction of sp³-hybridized carbons (Fsp3) is 0.500. The lowest BCUT2D eigenvalue weighted by molar-refractivity contribution is -0.118. The smallest absolute Gasteiger partial charge is 0.251 e. The molecule has 3 rings (SSSR count). The maximum atomic E-state index is 12.3. The summed E-state index contributed by atoms with van der Waals surface area (Å²) in [5.74, 6) is 1.59. The van der Waals surface area contributed by atoms with E-state index in [1.807, 2.05) is 0 Å². The van der Waals surface area contributed by atoms with Crippen LogP contribution in [0.1, 0.15) is 56.8 Å². The van der Waals surface area contributed by atoms with Crippen molar-refractivity contribution in [3.63, 3.8) is 0 Å². The highest BCUT2D eigenvalue weighted by molar-refractivity contribution is 6.07. The summed E-state index contributed by atoms with van der Waals surface area (Å²) in [4.78, 5) is 35.9. The van der Waals surface area contributed by atoms with Crippen LogP contribution in [0.2, 0.25) is 0 Å². The molecule has 2 aliphatic rings. The van der Waals surface area contributed by atoms with Crippen LogP contribution in [0.25, 0.3) is 0 Å². The van der Waals surface area contributed by atoms with Crippen molar-refractivity contribution in [1.82, 2.24) is 5.32 Å². The quantitative estimate of drug-likeness (QED) is 0.594. The minimum absolute atomic E-state index is 0.0229. The van der Waals surface area contributed by atoms with Crippen molar-refractivity contribution in [3.8, 4) is 0 Å². The predicted octanol–water partition coefficient (Wildman–Crippen LogP) is 3.71. The third-order valence-electron chi connectivity index (χ3n) is 6.06. The molecule has 2 saturated carbocycles. The van der Waals surface area contributed by atoms with E-state index in [9.17, 15) is 14.4 Å². The molecule has 2 amide bonds. The van der Waals surface area contributed by atoms with Gasteiger partial charge in [-0.15, -0.1) is 0 Å². The Morgan fingerprint density at radius 1 is 1.07 bits per heavy atom. The van der Waals surface area contributed by atoms with Gasteiger partial charge in [-0.3, -0.25) is 14.4 Å². The lowest BCUT2D eigenvalue weighted by atomic mass is 9.84. The summed E-state index contributed by atoms with van der Waals surface area (Å²) >= 11 is 0. The molecule has 0 saturated heterocycles. The Labute approximate surface area is 160 Å². The lowest BCUT2D eigenvalue weighted by Gasteiger charge is -2.28. The number of amides is 2. The van der Waals surface area contributed by atoms with Gasteiger partial charge in [0, 0.05) is 28.9 Å². The SMILES string of the molecule is CC(=O)c1ccc(NC(=O)/C(C)=C\C(=O)NC(C)C2CC3CCC2C3)cc1. The zero-order chi connectivity index (χ0) is 19.6. The number of Topliss-reactive ketones (excluding diaryl/α,β-unsaturated/α-hetero) is 1. The molecule has 0 aromatic heterocycles. The number of carbonyl (C=O) groups excluding carboxylic acids is 3. The van der Waals surface area contributed by atoms with Crippen LogP contribution in [0.15, 0.2) is 35.9 Å². The molecule has 4 unspecified atom stereocenters. The van der Waals surface area contributed by atoms with E-state index in [2.05, 4.69) is 17.6 Å². The number of anilines is 1. The van der Waals surface area contributed by atoms with E-state index in [0.717, 1.165) is 11.8 Å². The fourth-order valence-corrected chi connectivity index (χ4v) is 4.56. The summed E-state index contributed by atoms with van der Waals surface area (Å²) in [6.45, 7) is 5.20. The van der Waals surface area contributed by atoms with Crippen molar-refractivity contribution in [1.29, 1.82) is 0 Å². The highest BCUT2D eigenvalue weighted by Crippen LogP contribution is 2.49. The molecular weight excluding hydrogens is 340 g/mol. The molecule has 2 bridgehead atoms. The van der Waals surface area contributed by atoms with Crippen LogP contribution in [0, 0.1) is 17.8 Å². The van der Waals surface area contributed by atoms with Gasteiger partial charge in [-0.2, -0.15) is 0 Å². The van der Waals surface area contributed by atoms with Crippen LogP contribution >= 0.6 is 0 Å². The fourth-order valence-electron chi connectivity index (χ4n) is 4.56. The summed E-state index contributed by atoms with van der Waals surface area (Å²) in [6, 6.07) is 6.83. The Morgan fingerprint density at radius 3 is 2.33 bits per heavy atom. The van der Waals surface area contributed by atoms with Gasteiger partial charge in [0.25, 0.3) is 5.91 Å². The Bertz CT molecular complexity index is 766. The van der Waals surface area contributed by atoms with Crippen molar-refractivity contribution in [2.24, 2.45) is 17.8 Å². The van der Waals surface area contributed by atoms with Gasteiger partial charge in [0.2, 0.25) is 5.91 Å². The number of carbonyl (C=O) groups is 3. The number of hydrogen-bond acceptors (Lipinski definition) is 3. The van der Waals surface area contributed by atoms with Gasteiger partial charge in [0.05, 0.1) is 0 Å². The van der Waals surface area contributed by atoms with E-state index in [4.69, 9.17) is 0 Å². The summed E-state index contributed by atoms with van der Waals surface area (Å²) in [7, 11) is 0. The summed E-state index contributed by atoms with van der Waals surface area (Å²) < 4.78 is 0. The van der Waals surface area contributed by atoms with E-state index in [1.54, 1.807) is 31.2 Å². The molecule has 0 aliphatic heterocycles. The van der Waals surface area contributed by atoms with Gasteiger partial charge in [-0.05, 0) is 82.1 Å². The van der Waals surface area contributed by atoms with Gasteiger partial charge in [-0.25, -0.2) is 0 Å². The zero-order valence-corrected chi connectivity index (χ0v) is 16.2. The van der Waals surface area contributed by atoms with Crippen LogP contribution in [-0.2, 0) is 9.59 Å². The van der Waals surface area contributed by atoms with E-state index in [-0.39, 0.29) is 23.6 Å². The van der Waals surface area contributed by atoms with Crippen molar-refractivity contribution >= 4 is 23.3 Å². The molecule has 1 aromatic rings. The van der Waals surface area contributed by atoms with Crippen LogP contribution in [0.5, 0.6) is 0 Å². The highest BCUT2D eigenvalue weighted by Gasteiger charge is 2.42. The molecule has 144 valence electrons. The van der Waals surface area contributed by atoms with Gasteiger partial charge >= 0.3 is 0 Å². The first-order valence-corrected chi connectivity index (χ1v) is 9.74. The molecule has 5 heteroatoms. The maximum Gasteiger partial charge on any atom is 0.251 e. The van der Waals surface area contributed by atoms with Crippen molar-refractivity contribution in [2.45, 2.75) is 52.5 Å². The second-order valence-corrected chi connectivity index (χ2v) is 8.05. The van der Waals surface area contributed by atoms with Gasteiger partial charge in [0.1, 0.15) is 0 Å². The van der Waals surface area contributed by atoms with Crippen molar-refractivity contribution < 1.29 is 14.4 Å². The number of nitrogens with one attached hydrogen (secondary N) is 2.